The van der Waals surface area contributed by atoms with Gasteiger partial charge >= 0.3 is 12.1 Å². The van der Waals surface area contributed by atoms with E-state index in [1.54, 1.807) is 52.3 Å². The molecular weight excluding hydrogens is 470 g/mol. The lowest BCUT2D eigenvalue weighted by Gasteiger charge is -2.22. The first-order valence-electron chi connectivity index (χ1n) is 11.5. The van der Waals surface area contributed by atoms with Crippen LogP contribution in [0.5, 0.6) is 0 Å². The van der Waals surface area contributed by atoms with Gasteiger partial charge in [0.15, 0.2) is 5.65 Å². The molecule has 3 atom stereocenters. The molecule has 12 nitrogen and oxygen atoms in total. The van der Waals surface area contributed by atoms with Crippen molar-refractivity contribution in [2.75, 3.05) is 18.9 Å². The standard InChI is InChI=1S/C24H33N5O7/c1-23(2,3)20(32)35-14-10-16(34-15(14)12-30)29-11-13(17-18(29)27-21(25)28-19(17)31)8-7-9-26-22(33)36-24(4,5)6/h11,14-16,30H,9-10,12H2,1-6H3,(H,26,33)(H3,25,27,28,31)/t14-,15+,16?/m0/s1. The summed E-state index contributed by atoms with van der Waals surface area (Å²) >= 11 is 0. The van der Waals surface area contributed by atoms with Crippen LogP contribution >= 0.6 is 0 Å². The Kier molecular flexibility index (Phi) is 7.66. The van der Waals surface area contributed by atoms with Gasteiger partial charge in [0.05, 0.1) is 29.5 Å². The van der Waals surface area contributed by atoms with Gasteiger partial charge in [-0.05, 0) is 41.5 Å². The maximum atomic E-state index is 12.7. The van der Waals surface area contributed by atoms with Crippen LogP contribution in [-0.2, 0) is 19.0 Å². The summed E-state index contributed by atoms with van der Waals surface area (Å²) in [6, 6.07) is 0. The highest BCUT2D eigenvalue weighted by Gasteiger charge is 2.41. The molecule has 3 heterocycles. The molecule has 196 valence electrons. The number of alkyl carbamates (subject to hydrolysis) is 1. The number of ether oxygens (including phenoxy) is 3. The van der Waals surface area contributed by atoms with E-state index in [-0.39, 0.29) is 36.6 Å². The van der Waals surface area contributed by atoms with E-state index < -0.39 is 47.1 Å². The minimum atomic E-state index is -0.759. The number of nitrogens with two attached hydrogens (primary N) is 1. The van der Waals surface area contributed by atoms with E-state index in [1.165, 1.54) is 0 Å². The predicted molar refractivity (Wildman–Crippen MR) is 131 cm³/mol. The number of hydrogen-bond donors (Lipinski definition) is 4. The van der Waals surface area contributed by atoms with Crippen LogP contribution in [0.1, 0.15) is 59.8 Å². The van der Waals surface area contributed by atoms with E-state index in [0.29, 0.717) is 5.56 Å². The smallest absolute Gasteiger partial charge is 0.408 e. The third-order valence-electron chi connectivity index (χ3n) is 5.19. The Morgan fingerprint density at radius 2 is 2.03 bits per heavy atom. The van der Waals surface area contributed by atoms with Crippen molar-refractivity contribution in [3.05, 3.63) is 22.1 Å². The largest absolute Gasteiger partial charge is 0.459 e. The molecule has 0 spiro atoms. The second kappa shape index (κ2) is 10.2. The van der Waals surface area contributed by atoms with Crippen molar-refractivity contribution < 1.29 is 28.9 Å². The molecule has 1 fully saturated rings. The molecule has 0 radical (unpaired) electrons. The van der Waals surface area contributed by atoms with Gasteiger partial charge in [0.25, 0.3) is 5.56 Å². The normalized spacial score (nSPS) is 20.0. The highest BCUT2D eigenvalue weighted by molar-refractivity contribution is 5.83. The van der Waals surface area contributed by atoms with Crippen molar-refractivity contribution >= 4 is 29.0 Å². The molecule has 12 heteroatoms. The lowest BCUT2D eigenvalue weighted by Crippen LogP contribution is -2.34. The fourth-order valence-corrected chi connectivity index (χ4v) is 3.53. The Balaban J connectivity index is 1.88. The topological polar surface area (TPSA) is 171 Å². The second-order valence-corrected chi connectivity index (χ2v) is 10.5. The van der Waals surface area contributed by atoms with Crippen molar-refractivity contribution in [1.29, 1.82) is 0 Å². The van der Waals surface area contributed by atoms with Gasteiger partial charge in [-0.25, -0.2) is 4.79 Å². The molecule has 2 aromatic rings. The number of aliphatic hydroxyl groups is 1. The number of nitrogens with one attached hydrogen (secondary N) is 2. The van der Waals surface area contributed by atoms with E-state index in [9.17, 15) is 19.5 Å². The third kappa shape index (κ3) is 6.35. The molecule has 0 bridgehead atoms. The van der Waals surface area contributed by atoms with Crippen molar-refractivity contribution in [1.82, 2.24) is 19.9 Å². The number of nitrogens with zero attached hydrogens (tertiary/aromatic N) is 2. The fourth-order valence-electron chi connectivity index (χ4n) is 3.53. The quantitative estimate of drug-likeness (QED) is 0.356. The Bertz CT molecular complexity index is 1260. The number of aliphatic hydroxyl groups excluding tert-OH is 1. The predicted octanol–water partition coefficient (Wildman–Crippen LogP) is 1.42. The summed E-state index contributed by atoms with van der Waals surface area (Å²) in [5.74, 6) is 5.14. The van der Waals surface area contributed by atoms with Gasteiger partial charge in [0.1, 0.15) is 24.0 Å². The summed E-state index contributed by atoms with van der Waals surface area (Å²) in [5, 5.41) is 12.5. The number of hydrogen-bond acceptors (Lipinski definition) is 9. The van der Waals surface area contributed by atoms with Gasteiger partial charge in [-0.3, -0.25) is 14.6 Å². The minimum absolute atomic E-state index is 0.0146. The Labute approximate surface area is 208 Å². The molecule has 2 aromatic heterocycles. The molecule has 1 aliphatic heterocycles. The number of aromatic amines is 1. The first-order valence-corrected chi connectivity index (χ1v) is 11.5. The van der Waals surface area contributed by atoms with Crippen LogP contribution in [0.4, 0.5) is 10.7 Å². The Hall–Kier alpha value is -3.56. The molecule has 1 amide bonds. The fraction of sp³-hybridized carbons (Fsp3) is 0.583. The zero-order valence-corrected chi connectivity index (χ0v) is 21.3. The highest BCUT2D eigenvalue weighted by atomic mass is 16.6. The number of fused-ring (bicyclic) bond motifs is 1. The molecule has 0 aromatic carbocycles. The number of aromatic nitrogens is 3. The lowest BCUT2D eigenvalue weighted by atomic mass is 9.97. The molecule has 5 N–H and O–H groups in total. The number of carbonyl (C=O) groups is 2. The number of nitrogen functional groups attached to an aromatic ring is 1. The molecule has 1 aliphatic rings. The van der Waals surface area contributed by atoms with Crippen LogP contribution in [0.3, 0.4) is 0 Å². The minimum Gasteiger partial charge on any atom is -0.459 e. The van der Waals surface area contributed by atoms with Crippen LogP contribution < -0.4 is 16.6 Å². The van der Waals surface area contributed by atoms with Crippen LogP contribution in [0.25, 0.3) is 11.0 Å². The van der Waals surface area contributed by atoms with E-state index in [4.69, 9.17) is 19.9 Å². The number of anilines is 1. The molecule has 0 saturated carbocycles. The summed E-state index contributed by atoms with van der Waals surface area (Å²) < 4.78 is 18.3. The summed E-state index contributed by atoms with van der Waals surface area (Å²) in [7, 11) is 0. The Morgan fingerprint density at radius 3 is 2.64 bits per heavy atom. The van der Waals surface area contributed by atoms with Crippen LogP contribution in [0.2, 0.25) is 0 Å². The summed E-state index contributed by atoms with van der Waals surface area (Å²) in [5.41, 5.74) is 4.48. The number of rotatable bonds is 4. The first kappa shape index (κ1) is 27.0. The number of carbonyl (C=O) groups excluding carboxylic acids is 2. The average Bonchev–Trinajstić information content (AvgIpc) is 3.30. The zero-order valence-electron chi connectivity index (χ0n) is 21.3. The third-order valence-corrected chi connectivity index (χ3v) is 5.19. The van der Waals surface area contributed by atoms with Crippen molar-refractivity contribution in [3.63, 3.8) is 0 Å². The van der Waals surface area contributed by atoms with Gasteiger partial charge in [0.2, 0.25) is 5.95 Å². The van der Waals surface area contributed by atoms with Crippen molar-refractivity contribution in [2.24, 2.45) is 5.41 Å². The van der Waals surface area contributed by atoms with E-state index >= 15 is 0 Å². The maximum absolute atomic E-state index is 12.7. The van der Waals surface area contributed by atoms with Crippen LogP contribution in [-0.4, -0.2) is 62.7 Å². The average molecular weight is 504 g/mol. The van der Waals surface area contributed by atoms with Gasteiger partial charge in [0, 0.05) is 12.6 Å². The molecular formula is C24H33N5O7. The van der Waals surface area contributed by atoms with Gasteiger partial charge in [-0.1, -0.05) is 11.8 Å². The number of amides is 1. The van der Waals surface area contributed by atoms with Crippen LogP contribution in [0, 0.1) is 17.3 Å². The molecule has 36 heavy (non-hydrogen) atoms. The van der Waals surface area contributed by atoms with Gasteiger partial charge < -0.3 is 34.9 Å². The summed E-state index contributed by atoms with van der Waals surface area (Å²) in [6.07, 6.45) is -0.969. The monoisotopic (exact) mass is 503 g/mol. The maximum Gasteiger partial charge on any atom is 0.408 e. The van der Waals surface area contributed by atoms with Crippen LogP contribution in [0.15, 0.2) is 11.0 Å². The molecule has 3 rings (SSSR count). The lowest BCUT2D eigenvalue weighted by molar-refractivity contribution is -0.162. The van der Waals surface area contributed by atoms with Gasteiger partial charge in [-0.15, -0.1) is 0 Å². The van der Waals surface area contributed by atoms with Gasteiger partial charge in [-0.2, -0.15) is 4.98 Å². The van der Waals surface area contributed by atoms with E-state index in [1.807, 2.05) is 0 Å². The van der Waals surface area contributed by atoms with E-state index in [2.05, 4.69) is 27.1 Å². The summed E-state index contributed by atoms with van der Waals surface area (Å²) in [4.78, 5) is 43.6. The molecule has 1 saturated heterocycles. The zero-order chi connectivity index (χ0) is 26.8. The molecule has 1 unspecified atom stereocenters. The Morgan fingerprint density at radius 1 is 1.33 bits per heavy atom. The first-order chi connectivity index (χ1) is 16.7. The number of esters is 1. The van der Waals surface area contributed by atoms with E-state index in [0.717, 1.165) is 0 Å². The van der Waals surface area contributed by atoms with Crippen molar-refractivity contribution in [3.8, 4) is 11.8 Å². The highest BCUT2D eigenvalue weighted by Crippen LogP contribution is 2.34. The molecule has 0 aliphatic carbocycles. The SMILES string of the molecule is CC(C)(C)OC(=O)NCC#Cc1cn(C2C[C@H](OC(=O)C(C)(C)C)[C@@H](CO)O2)c2nc(N)[nH]c(=O)c12. The number of H-pyrrole nitrogens is 1. The summed E-state index contributed by atoms with van der Waals surface area (Å²) in [6.45, 7) is 10.1. The second-order valence-electron chi connectivity index (χ2n) is 10.5. The van der Waals surface area contributed by atoms with Crippen molar-refractivity contribution in [2.45, 2.75) is 72.0 Å².